The molecule has 3 aromatic carbocycles. The van der Waals surface area contributed by atoms with E-state index in [9.17, 15) is 9.59 Å². The fourth-order valence-corrected chi connectivity index (χ4v) is 3.46. The van der Waals surface area contributed by atoms with Gasteiger partial charge in [-0.15, -0.1) is 0 Å². The molecule has 1 aliphatic rings. The van der Waals surface area contributed by atoms with Crippen molar-refractivity contribution >= 4 is 17.5 Å². The van der Waals surface area contributed by atoms with Gasteiger partial charge in [-0.25, -0.2) is 0 Å². The van der Waals surface area contributed by atoms with Crippen molar-refractivity contribution in [2.45, 2.75) is 32.2 Å². The Bertz CT molecular complexity index is 1010. The fraction of sp³-hybridized carbons (Fsp3) is 0.231. The van der Waals surface area contributed by atoms with E-state index in [-0.39, 0.29) is 17.7 Å². The molecule has 1 fully saturated rings. The molecule has 0 unspecified atom stereocenters. The van der Waals surface area contributed by atoms with Crippen molar-refractivity contribution < 1.29 is 9.59 Å². The van der Waals surface area contributed by atoms with E-state index in [1.165, 1.54) is 5.56 Å². The molecule has 4 rings (SSSR count). The Morgan fingerprint density at radius 3 is 2.20 bits per heavy atom. The number of carbonyl (C=O) groups excluding carboxylic acids is 2. The van der Waals surface area contributed by atoms with Crippen LogP contribution in [0.5, 0.6) is 0 Å². The highest BCUT2D eigenvalue weighted by atomic mass is 16.2. The van der Waals surface area contributed by atoms with Crippen LogP contribution in [0.1, 0.15) is 39.9 Å². The molecule has 3 aromatic rings. The average Bonchev–Trinajstić information content (AvgIpc) is 3.64. The molecule has 0 radical (unpaired) electrons. The third-order valence-electron chi connectivity index (χ3n) is 5.41. The number of aryl methyl sites for hydroxylation is 2. The molecule has 2 N–H and O–H groups in total. The Hall–Kier alpha value is -3.40. The summed E-state index contributed by atoms with van der Waals surface area (Å²) in [6.07, 6.45) is 3.70. The zero-order valence-electron chi connectivity index (χ0n) is 16.9. The van der Waals surface area contributed by atoms with Gasteiger partial charge < -0.3 is 10.6 Å². The number of nitrogens with one attached hydrogen (secondary N) is 2. The molecule has 0 bridgehead atoms. The molecule has 0 spiro atoms. The van der Waals surface area contributed by atoms with Crippen molar-refractivity contribution in [1.29, 1.82) is 0 Å². The number of hydrogen-bond donors (Lipinski definition) is 2. The lowest BCUT2D eigenvalue weighted by Crippen LogP contribution is -2.24. The maximum Gasteiger partial charge on any atom is 0.251 e. The number of amides is 2. The maximum absolute atomic E-state index is 12.8. The second-order valence-corrected chi connectivity index (χ2v) is 7.79. The molecule has 4 nitrogen and oxygen atoms in total. The molecule has 1 saturated carbocycles. The quantitative estimate of drug-likeness (QED) is 0.575. The van der Waals surface area contributed by atoms with Crippen molar-refractivity contribution in [2.24, 2.45) is 5.92 Å². The van der Waals surface area contributed by atoms with Gasteiger partial charge in [-0.2, -0.15) is 0 Å². The normalized spacial score (nSPS) is 12.9. The standard InChI is InChI=1S/C26H26N2O2/c29-25(22-14-15-22)28-23-16-11-20(12-17-23)18-27-26(30)24-9-5-4-8-21(24)13-10-19-6-2-1-3-7-19/h1-9,11-12,16-17,22H,10,13-15,18H2,(H,27,30)(H,28,29). The van der Waals surface area contributed by atoms with Crippen LogP contribution in [0.3, 0.4) is 0 Å². The van der Waals surface area contributed by atoms with Crippen molar-refractivity contribution in [2.75, 3.05) is 5.32 Å². The molecule has 0 saturated heterocycles. The molecule has 0 heterocycles. The summed E-state index contributed by atoms with van der Waals surface area (Å²) in [7, 11) is 0. The van der Waals surface area contributed by atoms with Crippen LogP contribution >= 0.6 is 0 Å². The summed E-state index contributed by atoms with van der Waals surface area (Å²) >= 11 is 0. The molecular formula is C26H26N2O2. The minimum atomic E-state index is -0.0650. The second kappa shape index (κ2) is 9.40. The molecule has 152 valence electrons. The molecule has 30 heavy (non-hydrogen) atoms. The predicted molar refractivity (Wildman–Crippen MR) is 119 cm³/mol. The first-order valence-electron chi connectivity index (χ1n) is 10.5. The summed E-state index contributed by atoms with van der Waals surface area (Å²) in [5, 5.41) is 5.95. The number of benzene rings is 3. The lowest BCUT2D eigenvalue weighted by atomic mass is 9.99. The molecule has 2 amide bonds. The predicted octanol–water partition coefficient (Wildman–Crippen LogP) is 4.75. The van der Waals surface area contributed by atoms with Crippen molar-refractivity contribution in [3.63, 3.8) is 0 Å². The SMILES string of the molecule is O=C(NCc1ccc(NC(=O)C2CC2)cc1)c1ccccc1CCc1ccccc1. The van der Waals surface area contributed by atoms with E-state index >= 15 is 0 Å². The van der Waals surface area contributed by atoms with E-state index in [1.807, 2.05) is 66.7 Å². The van der Waals surface area contributed by atoms with Crippen LogP contribution in [0.15, 0.2) is 78.9 Å². The highest BCUT2D eigenvalue weighted by Gasteiger charge is 2.29. The van der Waals surface area contributed by atoms with Gasteiger partial charge >= 0.3 is 0 Å². The van der Waals surface area contributed by atoms with Crippen molar-refractivity contribution in [3.05, 3.63) is 101 Å². The van der Waals surface area contributed by atoms with Gasteiger partial charge in [-0.05, 0) is 60.6 Å². The fourth-order valence-electron chi connectivity index (χ4n) is 3.46. The number of carbonyl (C=O) groups is 2. The molecular weight excluding hydrogens is 372 g/mol. The summed E-state index contributed by atoms with van der Waals surface area (Å²) in [5.74, 6) is 0.221. The van der Waals surface area contributed by atoms with Gasteiger partial charge in [-0.1, -0.05) is 60.7 Å². The van der Waals surface area contributed by atoms with E-state index in [2.05, 4.69) is 22.8 Å². The Morgan fingerprint density at radius 2 is 1.47 bits per heavy atom. The van der Waals surface area contributed by atoms with Crippen LogP contribution in [0.2, 0.25) is 0 Å². The monoisotopic (exact) mass is 398 g/mol. The summed E-state index contributed by atoms with van der Waals surface area (Å²) < 4.78 is 0. The first-order valence-corrected chi connectivity index (χ1v) is 10.5. The van der Waals surface area contributed by atoms with Gasteiger partial charge in [0.15, 0.2) is 0 Å². The number of rotatable bonds is 8. The Labute approximate surface area is 177 Å². The minimum absolute atomic E-state index is 0.0650. The summed E-state index contributed by atoms with van der Waals surface area (Å²) in [4.78, 5) is 24.6. The Balaban J connectivity index is 1.33. The van der Waals surface area contributed by atoms with Gasteiger partial charge in [0.2, 0.25) is 5.91 Å². The largest absolute Gasteiger partial charge is 0.348 e. The van der Waals surface area contributed by atoms with E-state index in [0.29, 0.717) is 6.54 Å². The van der Waals surface area contributed by atoms with Crippen LogP contribution in [0.4, 0.5) is 5.69 Å². The zero-order valence-corrected chi connectivity index (χ0v) is 16.9. The third-order valence-corrected chi connectivity index (χ3v) is 5.41. The van der Waals surface area contributed by atoms with Gasteiger partial charge in [0.05, 0.1) is 0 Å². The Kier molecular flexibility index (Phi) is 6.23. The average molecular weight is 399 g/mol. The number of hydrogen-bond acceptors (Lipinski definition) is 2. The molecule has 0 atom stereocenters. The van der Waals surface area contributed by atoms with E-state index in [0.717, 1.165) is 48.1 Å². The first-order chi connectivity index (χ1) is 14.7. The number of anilines is 1. The van der Waals surface area contributed by atoms with Crippen LogP contribution in [0, 0.1) is 5.92 Å². The maximum atomic E-state index is 12.8. The van der Waals surface area contributed by atoms with Gasteiger partial charge in [0.1, 0.15) is 0 Å². The van der Waals surface area contributed by atoms with E-state index in [4.69, 9.17) is 0 Å². The molecule has 4 heteroatoms. The molecule has 0 aliphatic heterocycles. The minimum Gasteiger partial charge on any atom is -0.348 e. The topological polar surface area (TPSA) is 58.2 Å². The summed E-state index contributed by atoms with van der Waals surface area (Å²) in [5.41, 5.74) is 4.84. The van der Waals surface area contributed by atoms with Crippen LogP contribution in [0.25, 0.3) is 0 Å². The second-order valence-electron chi connectivity index (χ2n) is 7.79. The van der Waals surface area contributed by atoms with Crippen LogP contribution in [-0.4, -0.2) is 11.8 Å². The van der Waals surface area contributed by atoms with Crippen molar-refractivity contribution in [3.8, 4) is 0 Å². The first kappa shape index (κ1) is 19.9. The highest BCUT2D eigenvalue weighted by Crippen LogP contribution is 2.30. The van der Waals surface area contributed by atoms with E-state index in [1.54, 1.807) is 0 Å². The summed E-state index contributed by atoms with van der Waals surface area (Å²) in [6, 6.07) is 25.7. The lowest BCUT2D eigenvalue weighted by Gasteiger charge is -2.11. The van der Waals surface area contributed by atoms with Gasteiger partial charge in [-0.3, -0.25) is 9.59 Å². The van der Waals surface area contributed by atoms with Crippen LogP contribution in [-0.2, 0) is 24.2 Å². The smallest absolute Gasteiger partial charge is 0.251 e. The lowest BCUT2D eigenvalue weighted by molar-refractivity contribution is -0.117. The van der Waals surface area contributed by atoms with E-state index < -0.39 is 0 Å². The van der Waals surface area contributed by atoms with Gasteiger partial charge in [0.25, 0.3) is 5.91 Å². The van der Waals surface area contributed by atoms with Crippen molar-refractivity contribution in [1.82, 2.24) is 5.32 Å². The Morgan fingerprint density at radius 1 is 0.767 bits per heavy atom. The third kappa shape index (κ3) is 5.35. The van der Waals surface area contributed by atoms with Crippen LogP contribution < -0.4 is 10.6 Å². The summed E-state index contributed by atoms with van der Waals surface area (Å²) in [6.45, 7) is 0.447. The molecule has 0 aromatic heterocycles. The van der Waals surface area contributed by atoms with Gasteiger partial charge in [0, 0.05) is 23.7 Å². The highest BCUT2D eigenvalue weighted by molar-refractivity contribution is 5.95. The molecule has 1 aliphatic carbocycles. The zero-order chi connectivity index (χ0) is 20.8.